The van der Waals surface area contributed by atoms with Gasteiger partial charge in [0, 0.05) is 32.4 Å². The molecule has 8 heteroatoms. The van der Waals surface area contributed by atoms with E-state index in [1.54, 1.807) is 11.2 Å². The number of hydrogen-bond donors (Lipinski definition) is 0. The summed E-state index contributed by atoms with van der Waals surface area (Å²) < 4.78 is 37.5. The highest BCUT2D eigenvalue weighted by Crippen LogP contribution is 2.40. The zero-order chi connectivity index (χ0) is 14.6. The van der Waals surface area contributed by atoms with Crippen LogP contribution in [0.25, 0.3) is 0 Å². The average molecular weight is 313 g/mol. The van der Waals surface area contributed by atoms with Crippen molar-refractivity contribution in [2.24, 2.45) is 11.8 Å². The van der Waals surface area contributed by atoms with Gasteiger partial charge < -0.3 is 9.15 Å². The van der Waals surface area contributed by atoms with Crippen LogP contribution in [0, 0.1) is 18.8 Å². The fourth-order valence-electron chi connectivity index (χ4n) is 3.40. The van der Waals surface area contributed by atoms with Gasteiger partial charge in [0.05, 0.1) is 18.0 Å². The summed E-state index contributed by atoms with van der Waals surface area (Å²) in [6.45, 7) is 3.49. The fraction of sp³-hybridized carbons (Fsp3) is 0.846. The number of aromatic nitrogens is 2. The van der Waals surface area contributed by atoms with Crippen molar-refractivity contribution in [3.8, 4) is 0 Å². The number of nitrogens with zero attached hydrogens (tertiary/aromatic N) is 3. The van der Waals surface area contributed by atoms with Gasteiger partial charge in [-0.1, -0.05) is 0 Å². The van der Waals surface area contributed by atoms with E-state index in [-0.39, 0.29) is 23.2 Å². The van der Waals surface area contributed by atoms with Gasteiger partial charge in [0.2, 0.25) is 21.8 Å². The Bertz CT molecular complexity index is 640. The maximum atomic E-state index is 12.3. The van der Waals surface area contributed by atoms with Gasteiger partial charge in [-0.3, -0.25) is 0 Å². The van der Waals surface area contributed by atoms with Gasteiger partial charge in [0.1, 0.15) is 0 Å². The monoisotopic (exact) mass is 313 g/mol. The molecule has 2 aliphatic heterocycles. The Morgan fingerprint density at radius 3 is 2.76 bits per heavy atom. The third-order valence-electron chi connectivity index (χ3n) is 4.72. The van der Waals surface area contributed by atoms with E-state index < -0.39 is 10.0 Å². The van der Waals surface area contributed by atoms with Crippen molar-refractivity contribution in [2.45, 2.75) is 37.5 Å². The molecule has 116 valence electrons. The van der Waals surface area contributed by atoms with Crippen LogP contribution in [0.3, 0.4) is 0 Å². The smallest absolute Gasteiger partial charge is 0.217 e. The summed E-state index contributed by atoms with van der Waals surface area (Å²) in [5, 5.41) is 7.72. The summed E-state index contributed by atoms with van der Waals surface area (Å²) in [7, 11) is -3.10. The van der Waals surface area contributed by atoms with Crippen molar-refractivity contribution < 1.29 is 17.6 Å². The number of hydrogen-bond acceptors (Lipinski definition) is 6. The minimum absolute atomic E-state index is 0.0209. The van der Waals surface area contributed by atoms with Crippen LogP contribution in [-0.2, 0) is 21.2 Å². The van der Waals surface area contributed by atoms with Crippen molar-refractivity contribution in [1.82, 2.24) is 14.5 Å². The number of rotatable bonds is 4. The molecule has 0 spiro atoms. The van der Waals surface area contributed by atoms with E-state index in [0.717, 1.165) is 12.8 Å². The molecule has 0 amide bonds. The van der Waals surface area contributed by atoms with Crippen molar-refractivity contribution in [3.63, 3.8) is 0 Å². The normalized spacial score (nSPS) is 33.5. The summed E-state index contributed by atoms with van der Waals surface area (Å²) in [4.78, 5) is 0. The van der Waals surface area contributed by atoms with Gasteiger partial charge in [-0.25, -0.2) is 8.42 Å². The van der Waals surface area contributed by atoms with Crippen molar-refractivity contribution in [1.29, 1.82) is 0 Å². The van der Waals surface area contributed by atoms with E-state index in [1.165, 1.54) is 0 Å². The molecule has 7 nitrogen and oxygen atoms in total. The Kier molecular flexibility index (Phi) is 3.09. The molecule has 1 aromatic rings. The molecule has 4 rings (SSSR count). The second-order valence-corrected chi connectivity index (χ2v) is 8.49. The minimum atomic E-state index is -3.10. The highest BCUT2D eigenvalue weighted by Gasteiger charge is 2.50. The largest absolute Gasteiger partial charge is 0.426 e. The Hall–Kier alpha value is -0.990. The topological polar surface area (TPSA) is 85.5 Å². The second kappa shape index (κ2) is 4.76. The lowest BCUT2D eigenvalue weighted by Gasteiger charge is -2.18. The fourth-order valence-corrected chi connectivity index (χ4v) is 5.29. The summed E-state index contributed by atoms with van der Waals surface area (Å²) in [5.74, 6) is 1.68. The number of ether oxygens (including phenoxy) is 1. The molecule has 0 N–H and O–H groups in total. The zero-order valence-electron chi connectivity index (χ0n) is 11.9. The third-order valence-corrected chi connectivity index (χ3v) is 7.05. The molecule has 1 aromatic heterocycles. The second-order valence-electron chi connectivity index (χ2n) is 6.28. The summed E-state index contributed by atoms with van der Waals surface area (Å²) in [6.07, 6.45) is 2.30. The SMILES string of the molecule is Cc1nnc(C[C@@H]2CO[C@@H]3CN(S(=O)(=O)C4CC4)C[C@H]23)o1. The summed E-state index contributed by atoms with van der Waals surface area (Å²) in [6, 6.07) is 0. The molecule has 3 heterocycles. The Morgan fingerprint density at radius 1 is 1.29 bits per heavy atom. The van der Waals surface area contributed by atoms with Gasteiger partial charge in [-0.05, 0) is 18.8 Å². The lowest BCUT2D eigenvalue weighted by atomic mass is 9.90. The third kappa shape index (κ3) is 2.39. The number of sulfonamides is 1. The van der Waals surface area contributed by atoms with Crippen LogP contribution in [-0.4, -0.2) is 54.0 Å². The maximum Gasteiger partial charge on any atom is 0.217 e. The van der Waals surface area contributed by atoms with E-state index in [4.69, 9.17) is 9.15 Å². The van der Waals surface area contributed by atoms with Gasteiger partial charge in [0.25, 0.3) is 0 Å². The Balaban J connectivity index is 1.46. The quantitative estimate of drug-likeness (QED) is 0.798. The van der Waals surface area contributed by atoms with Gasteiger partial charge in [-0.15, -0.1) is 10.2 Å². The first-order valence-electron chi connectivity index (χ1n) is 7.43. The van der Waals surface area contributed by atoms with Crippen LogP contribution in [0.1, 0.15) is 24.6 Å². The molecule has 1 saturated carbocycles. The van der Waals surface area contributed by atoms with E-state index in [1.807, 2.05) is 0 Å². The lowest BCUT2D eigenvalue weighted by molar-refractivity contribution is 0.103. The van der Waals surface area contributed by atoms with Gasteiger partial charge >= 0.3 is 0 Å². The van der Waals surface area contributed by atoms with Gasteiger partial charge in [0.15, 0.2) is 0 Å². The van der Waals surface area contributed by atoms with Crippen molar-refractivity contribution in [3.05, 3.63) is 11.8 Å². The van der Waals surface area contributed by atoms with E-state index in [2.05, 4.69) is 10.2 Å². The van der Waals surface area contributed by atoms with Crippen molar-refractivity contribution in [2.75, 3.05) is 19.7 Å². The number of aryl methyl sites for hydroxylation is 1. The molecule has 0 bridgehead atoms. The molecule has 0 aromatic carbocycles. The highest BCUT2D eigenvalue weighted by molar-refractivity contribution is 7.90. The average Bonchev–Trinajstić information content (AvgIpc) is 2.94. The first-order chi connectivity index (χ1) is 10.0. The van der Waals surface area contributed by atoms with E-state index in [0.29, 0.717) is 37.9 Å². The van der Waals surface area contributed by atoms with E-state index in [9.17, 15) is 8.42 Å². The molecule has 0 unspecified atom stereocenters. The molecular weight excluding hydrogens is 294 g/mol. The molecule has 0 radical (unpaired) electrons. The van der Waals surface area contributed by atoms with Crippen LogP contribution in [0.5, 0.6) is 0 Å². The van der Waals surface area contributed by atoms with Crippen LogP contribution in [0.2, 0.25) is 0 Å². The standard InChI is InChI=1S/C13H19N3O4S/c1-8-14-15-13(20-8)4-9-7-19-12-6-16(5-11(9)12)21(17,18)10-2-3-10/h9-12H,2-7H2,1H3/t9-,11-,12-/m1/s1. The molecule has 3 aliphatic rings. The summed E-state index contributed by atoms with van der Waals surface area (Å²) >= 11 is 0. The van der Waals surface area contributed by atoms with Gasteiger partial charge in [-0.2, -0.15) is 4.31 Å². The first-order valence-corrected chi connectivity index (χ1v) is 8.94. The van der Waals surface area contributed by atoms with Crippen LogP contribution in [0.4, 0.5) is 0 Å². The molecule has 3 fully saturated rings. The lowest BCUT2D eigenvalue weighted by Crippen LogP contribution is -2.34. The van der Waals surface area contributed by atoms with E-state index >= 15 is 0 Å². The molecule has 1 aliphatic carbocycles. The first kappa shape index (κ1) is 13.7. The molecular formula is C13H19N3O4S. The zero-order valence-corrected chi connectivity index (χ0v) is 12.8. The van der Waals surface area contributed by atoms with Crippen LogP contribution in [0.15, 0.2) is 4.42 Å². The maximum absolute atomic E-state index is 12.3. The van der Waals surface area contributed by atoms with Crippen LogP contribution >= 0.6 is 0 Å². The molecule has 21 heavy (non-hydrogen) atoms. The minimum Gasteiger partial charge on any atom is -0.426 e. The molecule has 2 saturated heterocycles. The molecule has 3 atom stereocenters. The predicted molar refractivity (Wildman–Crippen MR) is 73.0 cm³/mol. The Morgan fingerprint density at radius 2 is 2.10 bits per heavy atom. The predicted octanol–water partition coefficient (Wildman–Crippen LogP) is 0.360. The summed E-state index contributed by atoms with van der Waals surface area (Å²) in [5.41, 5.74) is 0. The Labute approximate surface area is 123 Å². The van der Waals surface area contributed by atoms with Crippen molar-refractivity contribution >= 4 is 10.0 Å². The highest BCUT2D eigenvalue weighted by atomic mass is 32.2. The van der Waals surface area contributed by atoms with Crippen LogP contribution < -0.4 is 0 Å². The number of fused-ring (bicyclic) bond motifs is 1.